The molecule has 1 aromatic rings. The number of phenolic OH excluding ortho intramolecular Hbond substituents is 1. The van der Waals surface area contributed by atoms with Gasteiger partial charge in [0, 0.05) is 15.6 Å². The van der Waals surface area contributed by atoms with Crippen molar-refractivity contribution in [3.63, 3.8) is 0 Å². The fourth-order valence-electron chi connectivity index (χ4n) is 1.44. The van der Waals surface area contributed by atoms with E-state index < -0.39 is 6.04 Å². The van der Waals surface area contributed by atoms with Crippen LogP contribution in [0.3, 0.4) is 0 Å². The van der Waals surface area contributed by atoms with Gasteiger partial charge < -0.3 is 15.9 Å². The highest BCUT2D eigenvalue weighted by atomic mass is 79.9. The lowest BCUT2D eigenvalue weighted by Crippen LogP contribution is -2.16. The molecule has 0 fully saturated rings. The van der Waals surface area contributed by atoms with Gasteiger partial charge in [0.05, 0.1) is 12.6 Å². The number of aromatic hydroxyl groups is 1. The zero-order valence-electron chi connectivity index (χ0n) is 8.21. The topological polar surface area (TPSA) is 66.5 Å². The van der Waals surface area contributed by atoms with Gasteiger partial charge in [-0.1, -0.05) is 15.9 Å². The van der Waals surface area contributed by atoms with Crippen molar-refractivity contribution in [2.45, 2.75) is 19.9 Å². The van der Waals surface area contributed by atoms with Crippen molar-refractivity contribution in [3.05, 3.63) is 27.2 Å². The molecule has 4 heteroatoms. The molecule has 0 radical (unpaired) electrons. The van der Waals surface area contributed by atoms with E-state index in [4.69, 9.17) is 10.8 Å². The molecule has 0 aliphatic heterocycles. The third-order valence-electron chi connectivity index (χ3n) is 2.30. The quantitative estimate of drug-likeness (QED) is 0.759. The molecule has 78 valence electrons. The van der Waals surface area contributed by atoms with Crippen LogP contribution < -0.4 is 5.73 Å². The van der Waals surface area contributed by atoms with Crippen LogP contribution in [-0.2, 0) is 0 Å². The maximum absolute atomic E-state index is 9.84. The summed E-state index contributed by atoms with van der Waals surface area (Å²) in [6.45, 7) is 3.48. The number of hydrogen-bond acceptors (Lipinski definition) is 3. The molecule has 0 aromatic heterocycles. The Balaban J connectivity index is 3.36. The minimum atomic E-state index is -0.526. The van der Waals surface area contributed by atoms with E-state index in [1.165, 1.54) is 0 Å². The van der Waals surface area contributed by atoms with Crippen molar-refractivity contribution in [3.8, 4) is 5.75 Å². The van der Waals surface area contributed by atoms with Crippen LogP contribution in [0.5, 0.6) is 5.75 Å². The highest BCUT2D eigenvalue weighted by Gasteiger charge is 2.16. The second kappa shape index (κ2) is 4.29. The number of phenols is 1. The molecular weight excluding hydrogens is 246 g/mol. The largest absolute Gasteiger partial charge is 0.507 e. The van der Waals surface area contributed by atoms with Crippen LogP contribution in [0.4, 0.5) is 0 Å². The molecule has 1 aromatic carbocycles. The summed E-state index contributed by atoms with van der Waals surface area (Å²) in [6, 6.07) is 1.36. The predicted molar refractivity (Wildman–Crippen MR) is 59.3 cm³/mol. The summed E-state index contributed by atoms with van der Waals surface area (Å²) in [5.74, 6) is 0.165. The van der Waals surface area contributed by atoms with Crippen molar-refractivity contribution < 1.29 is 10.2 Å². The molecule has 1 rings (SSSR count). The lowest BCUT2D eigenvalue weighted by Gasteiger charge is -2.16. The first-order valence-corrected chi connectivity index (χ1v) is 5.13. The lowest BCUT2D eigenvalue weighted by molar-refractivity contribution is 0.264. The summed E-state index contributed by atoms with van der Waals surface area (Å²) in [6.07, 6.45) is 0. The number of rotatable bonds is 2. The first-order valence-electron chi connectivity index (χ1n) is 4.34. The van der Waals surface area contributed by atoms with Crippen LogP contribution in [-0.4, -0.2) is 16.8 Å². The fourth-order valence-corrected chi connectivity index (χ4v) is 1.97. The maximum atomic E-state index is 9.84. The lowest BCUT2D eigenvalue weighted by atomic mass is 9.98. The highest BCUT2D eigenvalue weighted by molar-refractivity contribution is 9.10. The van der Waals surface area contributed by atoms with E-state index in [-0.39, 0.29) is 12.4 Å². The van der Waals surface area contributed by atoms with Crippen molar-refractivity contribution >= 4 is 15.9 Å². The number of nitrogens with two attached hydrogens (primary N) is 1. The molecule has 1 atom stereocenters. The molecule has 1 unspecified atom stereocenters. The molecule has 14 heavy (non-hydrogen) atoms. The first kappa shape index (κ1) is 11.5. The Morgan fingerprint density at radius 1 is 1.50 bits per heavy atom. The summed E-state index contributed by atoms with van der Waals surface area (Å²) in [5, 5.41) is 18.8. The van der Waals surface area contributed by atoms with Crippen LogP contribution in [0.2, 0.25) is 0 Å². The van der Waals surface area contributed by atoms with E-state index >= 15 is 0 Å². The van der Waals surface area contributed by atoms with Crippen LogP contribution >= 0.6 is 15.9 Å². The molecule has 0 saturated heterocycles. The van der Waals surface area contributed by atoms with E-state index in [1.807, 2.05) is 13.0 Å². The average molecular weight is 260 g/mol. The van der Waals surface area contributed by atoms with Crippen molar-refractivity contribution in [1.82, 2.24) is 0 Å². The Morgan fingerprint density at radius 3 is 2.57 bits per heavy atom. The Bertz CT molecular complexity index is 352. The second-order valence-electron chi connectivity index (χ2n) is 3.35. The Labute approximate surface area is 91.7 Å². The maximum Gasteiger partial charge on any atom is 0.124 e. The second-order valence-corrected chi connectivity index (χ2v) is 4.21. The van der Waals surface area contributed by atoms with Crippen LogP contribution in [0, 0.1) is 13.8 Å². The smallest absolute Gasteiger partial charge is 0.124 e. The van der Waals surface area contributed by atoms with E-state index in [2.05, 4.69) is 15.9 Å². The summed E-state index contributed by atoms with van der Waals surface area (Å²) < 4.78 is 0.849. The minimum Gasteiger partial charge on any atom is -0.507 e. The molecule has 0 amide bonds. The molecular formula is C10H14BrNO2. The third kappa shape index (κ3) is 1.92. The van der Waals surface area contributed by atoms with Gasteiger partial charge in [-0.3, -0.25) is 0 Å². The van der Waals surface area contributed by atoms with Crippen LogP contribution in [0.25, 0.3) is 0 Å². The standard InChI is InChI=1S/C10H14BrNO2/c1-5-3-7(11)6(2)10(14)9(5)8(12)4-13/h3,8,13-14H,4,12H2,1-2H3. The fraction of sp³-hybridized carbons (Fsp3) is 0.400. The zero-order valence-corrected chi connectivity index (χ0v) is 9.80. The number of aryl methyl sites for hydroxylation is 1. The van der Waals surface area contributed by atoms with Gasteiger partial charge in [-0.05, 0) is 25.5 Å². The molecule has 0 aliphatic carbocycles. The third-order valence-corrected chi connectivity index (χ3v) is 3.13. The Kier molecular flexibility index (Phi) is 3.53. The molecule has 0 saturated carbocycles. The summed E-state index contributed by atoms with van der Waals surface area (Å²) in [7, 11) is 0. The van der Waals surface area contributed by atoms with Gasteiger partial charge in [0.25, 0.3) is 0 Å². The van der Waals surface area contributed by atoms with E-state index in [0.29, 0.717) is 5.56 Å². The number of aliphatic hydroxyl groups is 1. The number of benzene rings is 1. The number of aliphatic hydroxyl groups excluding tert-OH is 1. The first-order chi connectivity index (χ1) is 6.49. The van der Waals surface area contributed by atoms with Gasteiger partial charge in [-0.15, -0.1) is 0 Å². The predicted octanol–water partition coefficient (Wildman–Crippen LogP) is 1.76. The van der Waals surface area contributed by atoms with Gasteiger partial charge in [0.2, 0.25) is 0 Å². The molecule has 0 heterocycles. The summed E-state index contributed by atoms with van der Waals surface area (Å²) in [5.41, 5.74) is 7.93. The zero-order chi connectivity index (χ0) is 10.9. The molecule has 4 N–H and O–H groups in total. The Morgan fingerprint density at radius 2 is 2.07 bits per heavy atom. The monoisotopic (exact) mass is 259 g/mol. The van der Waals surface area contributed by atoms with E-state index in [9.17, 15) is 5.11 Å². The average Bonchev–Trinajstić information content (AvgIpc) is 2.14. The van der Waals surface area contributed by atoms with Gasteiger partial charge in [-0.25, -0.2) is 0 Å². The summed E-state index contributed by atoms with van der Waals surface area (Å²) >= 11 is 3.34. The minimum absolute atomic E-state index is 0.165. The van der Waals surface area contributed by atoms with Crippen LogP contribution in [0.1, 0.15) is 22.7 Å². The van der Waals surface area contributed by atoms with Crippen LogP contribution in [0.15, 0.2) is 10.5 Å². The molecule has 0 aliphatic rings. The molecule has 0 spiro atoms. The summed E-state index contributed by atoms with van der Waals surface area (Å²) in [4.78, 5) is 0. The molecule has 0 bridgehead atoms. The van der Waals surface area contributed by atoms with Gasteiger partial charge >= 0.3 is 0 Å². The number of hydrogen-bond donors (Lipinski definition) is 3. The SMILES string of the molecule is Cc1cc(Br)c(C)c(O)c1C(N)CO. The molecule has 3 nitrogen and oxygen atoms in total. The highest BCUT2D eigenvalue weighted by Crippen LogP contribution is 2.34. The van der Waals surface area contributed by atoms with Crippen molar-refractivity contribution in [1.29, 1.82) is 0 Å². The van der Waals surface area contributed by atoms with Crippen molar-refractivity contribution in [2.24, 2.45) is 5.73 Å². The van der Waals surface area contributed by atoms with E-state index in [0.717, 1.165) is 15.6 Å². The number of halogens is 1. The van der Waals surface area contributed by atoms with Gasteiger partial charge in [0.1, 0.15) is 5.75 Å². The Hall–Kier alpha value is -0.580. The normalized spacial score (nSPS) is 12.9. The van der Waals surface area contributed by atoms with Gasteiger partial charge in [-0.2, -0.15) is 0 Å². The van der Waals surface area contributed by atoms with Crippen molar-refractivity contribution in [2.75, 3.05) is 6.61 Å². The van der Waals surface area contributed by atoms with Gasteiger partial charge in [0.15, 0.2) is 0 Å². The van der Waals surface area contributed by atoms with E-state index in [1.54, 1.807) is 6.92 Å².